The first kappa shape index (κ1) is 37.7. The lowest BCUT2D eigenvalue weighted by Gasteiger charge is -2.45. The average molecular weight is 706 g/mol. The summed E-state index contributed by atoms with van der Waals surface area (Å²) in [4.78, 5) is 59.6. The number of halogens is 2. The molecule has 1 aliphatic carbocycles. The monoisotopic (exact) mass is 705 g/mol. The molecule has 14 heteroatoms. The van der Waals surface area contributed by atoms with E-state index in [-0.39, 0.29) is 56.6 Å². The first-order valence-corrected chi connectivity index (χ1v) is 17.9. The summed E-state index contributed by atoms with van der Waals surface area (Å²) < 4.78 is 40.4. The molecule has 6 atom stereocenters. The molecular formula is C36H53F2N5O7. The molecule has 2 saturated heterocycles. The fourth-order valence-electron chi connectivity index (χ4n) is 7.86. The molecule has 12 nitrogen and oxygen atoms in total. The summed E-state index contributed by atoms with van der Waals surface area (Å²) in [6.45, 7) is 10.6. The van der Waals surface area contributed by atoms with Gasteiger partial charge >= 0.3 is 6.09 Å². The largest absolute Gasteiger partial charge is 0.493 e. The summed E-state index contributed by atoms with van der Waals surface area (Å²) in [6, 6.07) is 5.04. The minimum Gasteiger partial charge on any atom is -0.493 e. The number of rotatable bonds is 10. The number of nitrogens with zero attached hydrogens (tertiary/aromatic N) is 3. The number of carboxylic acid groups (broad SMARTS) is 1. The lowest BCUT2D eigenvalue weighted by atomic mass is 9.81. The molecule has 5 rings (SSSR count). The van der Waals surface area contributed by atoms with Gasteiger partial charge in [-0.05, 0) is 58.9 Å². The van der Waals surface area contributed by atoms with Crippen LogP contribution in [0, 0.1) is 11.8 Å². The molecule has 3 aliphatic heterocycles. The minimum absolute atomic E-state index is 0.0207. The number of hydrogen-bond donors (Lipinski definition) is 3. The zero-order valence-corrected chi connectivity index (χ0v) is 29.8. The quantitative estimate of drug-likeness (QED) is 0.332. The van der Waals surface area contributed by atoms with Crippen LogP contribution in [0.25, 0.3) is 0 Å². The Morgan fingerprint density at radius 2 is 1.80 bits per heavy atom. The molecule has 0 bridgehead atoms. The maximum Gasteiger partial charge on any atom is 0.407 e. The predicted octanol–water partition coefficient (Wildman–Crippen LogP) is 4.04. The summed E-state index contributed by atoms with van der Waals surface area (Å²) >= 11 is 0. The number of carbonyl (C=O) groups excluding carboxylic acids is 3. The maximum atomic E-state index is 14.8. The summed E-state index contributed by atoms with van der Waals surface area (Å²) in [5.41, 5.74) is 0.0697. The molecular weight excluding hydrogens is 652 g/mol. The fraction of sp³-hybridized carbons (Fsp3) is 0.722. The van der Waals surface area contributed by atoms with Gasteiger partial charge in [-0.15, -0.1) is 0 Å². The summed E-state index contributed by atoms with van der Waals surface area (Å²) in [6.07, 6.45) is -0.799. The third-order valence-corrected chi connectivity index (χ3v) is 10.7. The average Bonchev–Trinajstić information content (AvgIpc) is 3.46. The number of benzene rings is 1. The van der Waals surface area contributed by atoms with Gasteiger partial charge in [-0.3, -0.25) is 19.3 Å². The molecule has 278 valence electrons. The number of para-hydroxylation sites is 1. The predicted molar refractivity (Wildman–Crippen MR) is 181 cm³/mol. The molecule has 1 aromatic carbocycles. The van der Waals surface area contributed by atoms with Gasteiger partial charge in [-0.25, -0.2) is 13.6 Å². The molecule has 1 aromatic rings. The van der Waals surface area contributed by atoms with Crippen molar-refractivity contribution in [3.05, 3.63) is 29.8 Å². The number of carbonyl (C=O) groups is 4. The van der Waals surface area contributed by atoms with E-state index in [9.17, 15) is 33.1 Å². The van der Waals surface area contributed by atoms with Crippen LogP contribution < -0.4 is 15.4 Å². The highest BCUT2D eigenvalue weighted by atomic mass is 19.3. The van der Waals surface area contributed by atoms with Crippen LogP contribution in [0.15, 0.2) is 24.3 Å². The van der Waals surface area contributed by atoms with Crippen molar-refractivity contribution in [1.29, 1.82) is 0 Å². The first-order chi connectivity index (χ1) is 23.6. The fourth-order valence-corrected chi connectivity index (χ4v) is 7.86. The Kier molecular flexibility index (Phi) is 11.6. The number of nitrogens with one attached hydrogen (secondary N) is 2. The molecule has 0 aromatic heterocycles. The second kappa shape index (κ2) is 15.4. The van der Waals surface area contributed by atoms with Crippen molar-refractivity contribution in [2.24, 2.45) is 11.8 Å². The highest BCUT2D eigenvalue weighted by molar-refractivity contribution is 5.93. The Hall–Kier alpha value is -3.52. The van der Waals surface area contributed by atoms with Crippen molar-refractivity contribution >= 4 is 23.8 Å². The summed E-state index contributed by atoms with van der Waals surface area (Å²) in [7, 11) is 0. The van der Waals surface area contributed by atoms with E-state index in [2.05, 4.69) is 15.5 Å². The van der Waals surface area contributed by atoms with Gasteiger partial charge < -0.3 is 35.0 Å². The van der Waals surface area contributed by atoms with Crippen molar-refractivity contribution < 1.29 is 42.5 Å². The molecule has 0 unspecified atom stereocenters. The molecule has 4 amide bonds. The van der Waals surface area contributed by atoms with Gasteiger partial charge in [0.15, 0.2) is 0 Å². The van der Waals surface area contributed by atoms with E-state index in [0.717, 1.165) is 10.5 Å². The van der Waals surface area contributed by atoms with Gasteiger partial charge in [0, 0.05) is 69.2 Å². The van der Waals surface area contributed by atoms with E-state index in [0.29, 0.717) is 38.3 Å². The third kappa shape index (κ3) is 8.67. The van der Waals surface area contributed by atoms with Gasteiger partial charge in [0.25, 0.3) is 0 Å². The Bertz CT molecular complexity index is 1400. The van der Waals surface area contributed by atoms with Gasteiger partial charge in [0.2, 0.25) is 23.6 Å². The maximum absolute atomic E-state index is 14.8. The normalized spacial score (nSPS) is 26.5. The lowest BCUT2D eigenvalue weighted by Crippen LogP contribution is -2.66. The summed E-state index contributed by atoms with van der Waals surface area (Å²) in [5, 5.41) is 15.8. The van der Waals surface area contributed by atoms with Crippen LogP contribution in [-0.2, 0) is 19.1 Å². The molecule has 4 aliphatic rings. The SMILES string of the molecule is CCO[C@H]1C[C@@H]2CN(C(=O)[C@@H](NC(=O)[C@@H](C)CN(C(=O)O)C(C)(C)C)C3CCC(F)(F)CC3)[C@H](C(=O)N[C@@H]3CCOc4ccccc43)CN2C1. The van der Waals surface area contributed by atoms with Crippen molar-refractivity contribution in [3.8, 4) is 5.75 Å². The topological polar surface area (TPSA) is 141 Å². The van der Waals surface area contributed by atoms with E-state index in [1.807, 2.05) is 31.2 Å². The van der Waals surface area contributed by atoms with Crippen LogP contribution in [0.4, 0.5) is 13.6 Å². The Morgan fingerprint density at radius 1 is 1.10 bits per heavy atom. The number of ether oxygens (including phenoxy) is 2. The zero-order valence-electron chi connectivity index (χ0n) is 29.8. The van der Waals surface area contributed by atoms with E-state index in [4.69, 9.17) is 9.47 Å². The molecule has 3 N–H and O–H groups in total. The van der Waals surface area contributed by atoms with Crippen molar-refractivity contribution in [2.75, 3.05) is 39.4 Å². The molecule has 1 saturated carbocycles. The van der Waals surface area contributed by atoms with Crippen LogP contribution in [0.2, 0.25) is 0 Å². The number of hydrogen-bond acceptors (Lipinski definition) is 7. The first-order valence-electron chi connectivity index (χ1n) is 17.9. The highest BCUT2D eigenvalue weighted by Gasteiger charge is 2.49. The van der Waals surface area contributed by atoms with Gasteiger partial charge in [-0.1, -0.05) is 25.1 Å². The number of piperazine rings is 1. The molecule has 50 heavy (non-hydrogen) atoms. The smallest absolute Gasteiger partial charge is 0.407 e. The van der Waals surface area contributed by atoms with Gasteiger partial charge in [-0.2, -0.15) is 0 Å². The zero-order chi connectivity index (χ0) is 36.4. The van der Waals surface area contributed by atoms with Crippen molar-refractivity contribution in [1.82, 2.24) is 25.3 Å². The Morgan fingerprint density at radius 3 is 2.46 bits per heavy atom. The van der Waals surface area contributed by atoms with E-state index < -0.39 is 66.1 Å². The van der Waals surface area contributed by atoms with Crippen molar-refractivity contribution in [2.45, 2.75) is 115 Å². The minimum atomic E-state index is -2.86. The highest BCUT2D eigenvalue weighted by Crippen LogP contribution is 2.39. The van der Waals surface area contributed by atoms with Gasteiger partial charge in [0.1, 0.15) is 17.8 Å². The standard InChI is InChI=1S/C36H53F2N5O7/c1-6-49-25-17-24-19-42(28(21-41(24)20-25)32(45)39-27-13-16-50-29-10-8-7-9-26(27)29)33(46)30(23-11-14-36(37,38)15-12-23)40-31(44)22(2)18-43(34(47)48)35(3,4)5/h7-10,22-25,27-28,30H,6,11-21H2,1-5H3,(H,39,45)(H,40,44)(H,47,48)/t22-,24+,25-,27+,28-,30-/m0/s1. The molecule has 0 radical (unpaired) electrons. The van der Waals surface area contributed by atoms with Crippen LogP contribution in [0.1, 0.15) is 84.7 Å². The Balaban J connectivity index is 1.41. The third-order valence-electron chi connectivity index (χ3n) is 10.7. The molecule has 3 fully saturated rings. The van der Waals surface area contributed by atoms with E-state index in [1.54, 1.807) is 27.7 Å². The number of amides is 4. The second-order valence-electron chi connectivity index (χ2n) is 15.3. The van der Waals surface area contributed by atoms with E-state index in [1.165, 1.54) is 4.90 Å². The van der Waals surface area contributed by atoms with Crippen LogP contribution in [0.3, 0.4) is 0 Å². The second-order valence-corrected chi connectivity index (χ2v) is 15.3. The molecule has 3 heterocycles. The van der Waals surface area contributed by atoms with E-state index >= 15 is 0 Å². The van der Waals surface area contributed by atoms with Crippen molar-refractivity contribution in [3.63, 3.8) is 0 Å². The van der Waals surface area contributed by atoms with Crippen LogP contribution in [0.5, 0.6) is 5.75 Å². The lowest BCUT2D eigenvalue weighted by molar-refractivity contribution is -0.150. The number of alkyl halides is 2. The molecule has 0 spiro atoms. The number of fused-ring (bicyclic) bond motifs is 2. The van der Waals surface area contributed by atoms with Crippen LogP contribution in [-0.4, -0.2) is 119 Å². The van der Waals surface area contributed by atoms with Crippen LogP contribution >= 0.6 is 0 Å². The Labute approximate surface area is 293 Å². The van der Waals surface area contributed by atoms with Gasteiger partial charge in [0.05, 0.1) is 24.7 Å². The summed E-state index contributed by atoms with van der Waals surface area (Å²) in [5.74, 6) is -4.96.